The Balaban J connectivity index is 2.26. The van der Waals surface area contributed by atoms with Gasteiger partial charge in [-0.2, -0.15) is 0 Å². The Morgan fingerprint density at radius 3 is 2.43 bits per heavy atom. The van der Waals surface area contributed by atoms with Gasteiger partial charge in [-0.1, -0.05) is 25.1 Å². The topological polar surface area (TPSA) is 24.9 Å². The Morgan fingerprint density at radius 1 is 1.14 bits per heavy atom. The second kappa shape index (κ2) is 7.32. The van der Waals surface area contributed by atoms with Crippen molar-refractivity contribution in [3.05, 3.63) is 64.7 Å². The molecule has 1 unspecified atom stereocenters. The van der Waals surface area contributed by atoms with Gasteiger partial charge in [0.1, 0.15) is 5.82 Å². The molecule has 1 aromatic heterocycles. The first-order valence-corrected chi connectivity index (χ1v) is 7.51. The van der Waals surface area contributed by atoms with E-state index in [2.05, 4.69) is 49.3 Å². The Hall–Kier alpha value is -1.74. The van der Waals surface area contributed by atoms with Crippen molar-refractivity contribution in [2.45, 2.75) is 39.7 Å². The summed E-state index contributed by atoms with van der Waals surface area (Å²) in [5, 5.41) is 3.52. The minimum atomic E-state index is -0.292. The third-order valence-electron chi connectivity index (χ3n) is 3.80. The SMILES string of the molecule is CCCNC(Cc1c(C)cccc1C)c1ccc(F)cn1. The summed E-state index contributed by atoms with van der Waals surface area (Å²) in [5.74, 6) is -0.292. The molecule has 0 aliphatic rings. The molecule has 112 valence electrons. The van der Waals surface area contributed by atoms with E-state index in [4.69, 9.17) is 0 Å². The summed E-state index contributed by atoms with van der Waals surface area (Å²) >= 11 is 0. The number of hydrogen-bond acceptors (Lipinski definition) is 2. The molecular formula is C18H23FN2. The second-order valence-corrected chi connectivity index (χ2v) is 5.48. The van der Waals surface area contributed by atoms with Crippen LogP contribution in [-0.4, -0.2) is 11.5 Å². The quantitative estimate of drug-likeness (QED) is 0.864. The van der Waals surface area contributed by atoms with E-state index in [1.165, 1.54) is 29.0 Å². The summed E-state index contributed by atoms with van der Waals surface area (Å²) in [5.41, 5.74) is 4.82. The molecule has 0 amide bonds. The van der Waals surface area contributed by atoms with E-state index in [1.54, 1.807) is 6.07 Å². The van der Waals surface area contributed by atoms with Gasteiger partial charge < -0.3 is 5.32 Å². The molecular weight excluding hydrogens is 263 g/mol. The highest BCUT2D eigenvalue weighted by Crippen LogP contribution is 2.22. The van der Waals surface area contributed by atoms with Gasteiger partial charge in [0.2, 0.25) is 0 Å². The molecule has 0 saturated heterocycles. The molecule has 0 saturated carbocycles. The van der Waals surface area contributed by atoms with E-state index in [0.29, 0.717) is 0 Å². The van der Waals surface area contributed by atoms with Gasteiger partial charge in [0, 0.05) is 0 Å². The Labute approximate surface area is 126 Å². The monoisotopic (exact) mass is 286 g/mol. The minimum Gasteiger partial charge on any atom is -0.308 e. The molecule has 1 heterocycles. The largest absolute Gasteiger partial charge is 0.308 e. The fourth-order valence-electron chi connectivity index (χ4n) is 2.57. The third kappa shape index (κ3) is 4.11. The maximum atomic E-state index is 13.1. The second-order valence-electron chi connectivity index (χ2n) is 5.48. The summed E-state index contributed by atoms with van der Waals surface area (Å²) in [6.07, 6.45) is 3.22. The summed E-state index contributed by atoms with van der Waals surface area (Å²) in [6.45, 7) is 7.34. The molecule has 0 aliphatic heterocycles. The van der Waals surface area contributed by atoms with Gasteiger partial charge in [0.05, 0.1) is 17.9 Å². The molecule has 1 N–H and O–H groups in total. The smallest absolute Gasteiger partial charge is 0.141 e. The molecule has 0 radical (unpaired) electrons. The maximum Gasteiger partial charge on any atom is 0.141 e. The van der Waals surface area contributed by atoms with Crippen molar-refractivity contribution in [3.63, 3.8) is 0 Å². The lowest BCUT2D eigenvalue weighted by molar-refractivity contribution is 0.512. The number of nitrogens with zero attached hydrogens (tertiary/aromatic N) is 1. The van der Waals surface area contributed by atoms with Crippen LogP contribution in [0.15, 0.2) is 36.5 Å². The summed E-state index contributed by atoms with van der Waals surface area (Å²) in [4.78, 5) is 4.25. The number of rotatable bonds is 6. The number of pyridine rings is 1. The molecule has 0 aliphatic carbocycles. The average Bonchev–Trinajstić information content (AvgIpc) is 2.47. The molecule has 0 spiro atoms. The highest BCUT2D eigenvalue weighted by Gasteiger charge is 2.15. The fourth-order valence-corrected chi connectivity index (χ4v) is 2.57. The molecule has 1 aromatic carbocycles. The number of hydrogen-bond donors (Lipinski definition) is 1. The van der Waals surface area contributed by atoms with Crippen molar-refractivity contribution in [2.75, 3.05) is 6.54 Å². The molecule has 2 rings (SSSR count). The molecule has 1 atom stereocenters. The fraction of sp³-hybridized carbons (Fsp3) is 0.389. The van der Waals surface area contributed by atoms with Gasteiger partial charge >= 0.3 is 0 Å². The normalized spacial score (nSPS) is 12.4. The summed E-state index contributed by atoms with van der Waals surface area (Å²) in [6, 6.07) is 9.72. The summed E-state index contributed by atoms with van der Waals surface area (Å²) < 4.78 is 13.1. The lowest BCUT2D eigenvalue weighted by Crippen LogP contribution is -2.25. The van der Waals surface area contributed by atoms with Crippen LogP contribution in [0.3, 0.4) is 0 Å². The van der Waals surface area contributed by atoms with E-state index < -0.39 is 0 Å². The number of aromatic nitrogens is 1. The Kier molecular flexibility index (Phi) is 5.45. The van der Waals surface area contributed by atoms with Crippen molar-refractivity contribution in [3.8, 4) is 0 Å². The zero-order chi connectivity index (χ0) is 15.2. The molecule has 0 fully saturated rings. The van der Waals surface area contributed by atoms with Crippen molar-refractivity contribution >= 4 is 0 Å². The molecule has 0 bridgehead atoms. The van der Waals surface area contributed by atoms with E-state index in [1.807, 2.05) is 0 Å². The molecule has 2 nitrogen and oxygen atoms in total. The Bertz CT molecular complexity index is 558. The van der Waals surface area contributed by atoms with Crippen molar-refractivity contribution in [2.24, 2.45) is 0 Å². The van der Waals surface area contributed by atoms with E-state index in [0.717, 1.165) is 25.1 Å². The van der Waals surface area contributed by atoms with E-state index in [9.17, 15) is 4.39 Å². The first kappa shape index (κ1) is 15.6. The standard InChI is InChI=1S/C18H23FN2/c1-4-10-20-18(17-9-8-15(19)12-21-17)11-16-13(2)6-5-7-14(16)3/h5-9,12,18,20H,4,10-11H2,1-3H3. The number of halogens is 1. The van der Waals surface area contributed by atoms with Gasteiger partial charge in [0.25, 0.3) is 0 Å². The number of benzene rings is 1. The van der Waals surface area contributed by atoms with Gasteiger partial charge in [0.15, 0.2) is 0 Å². The Morgan fingerprint density at radius 2 is 1.86 bits per heavy atom. The van der Waals surface area contributed by atoms with E-state index >= 15 is 0 Å². The van der Waals surface area contributed by atoms with Gasteiger partial charge in [-0.25, -0.2) is 4.39 Å². The van der Waals surface area contributed by atoms with Crippen molar-refractivity contribution < 1.29 is 4.39 Å². The molecule has 2 aromatic rings. The maximum absolute atomic E-state index is 13.1. The van der Waals surface area contributed by atoms with Crippen LogP contribution in [0, 0.1) is 19.7 Å². The van der Waals surface area contributed by atoms with Crippen LogP contribution in [0.25, 0.3) is 0 Å². The zero-order valence-electron chi connectivity index (χ0n) is 13.0. The lowest BCUT2D eigenvalue weighted by atomic mass is 9.95. The van der Waals surface area contributed by atoms with Crippen LogP contribution in [0.5, 0.6) is 0 Å². The van der Waals surface area contributed by atoms with Gasteiger partial charge in [-0.3, -0.25) is 4.98 Å². The average molecular weight is 286 g/mol. The highest BCUT2D eigenvalue weighted by atomic mass is 19.1. The van der Waals surface area contributed by atoms with Crippen LogP contribution in [0.4, 0.5) is 4.39 Å². The molecule has 3 heteroatoms. The first-order valence-electron chi connectivity index (χ1n) is 7.51. The first-order chi connectivity index (χ1) is 10.1. The predicted molar refractivity (Wildman–Crippen MR) is 84.8 cm³/mol. The minimum absolute atomic E-state index is 0.116. The zero-order valence-corrected chi connectivity index (χ0v) is 13.0. The van der Waals surface area contributed by atoms with Crippen LogP contribution in [0.2, 0.25) is 0 Å². The molecule has 21 heavy (non-hydrogen) atoms. The summed E-state index contributed by atoms with van der Waals surface area (Å²) in [7, 11) is 0. The highest BCUT2D eigenvalue weighted by molar-refractivity contribution is 5.35. The van der Waals surface area contributed by atoms with Crippen LogP contribution >= 0.6 is 0 Å². The van der Waals surface area contributed by atoms with Crippen molar-refractivity contribution in [1.29, 1.82) is 0 Å². The van der Waals surface area contributed by atoms with Crippen LogP contribution < -0.4 is 5.32 Å². The predicted octanol–water partition coefficient (Wildman–Crippen LogP) is 4.12. The van der Waals surface area contributed by atoms with Gasteiger partial charge in [-0.05, 0) is 62.1 Å². The lowest BCUT2D eigenvalue weighted by Gasteiger charge is -2.20. The van der Waals surface area contributed by atoms with Crippen LogP contribution in [-0.2, 0) is 6.42 Å². The van der Waals surface area contributed by atoms with Gasteiger partial charge in [-0.15, -0.1) is 0 Å². The van der Waals surface area contributed by atoms with E-state index in [-0.39, 0.29) is 11.9 Å². The van der Waals surface area contributed by atoms with Crippen LogP contribution in [0.1, 0.15) is 41.8 Å². The number of nitrogens with one attached hydrogen (secondary N) is 1. The third-order valence-corrected chi connectivity index (χ3v) is 3.80. The van der Waals surface area contributed by atoms with Crippen molar-refractivity contribution in [1.82, 2.24) is 10.3 Å². The number of aryl methyl sites for hydroxylation is 2.